The molecule has 2 aliphatic heterocycles. The topological polar surface area (TPSA) is 58.6 Å². The van der Waals surface area contributed by atoms with Crippen molar-refractivity contribution in [3.63, 3.8) is 0 Å². The van der Waals surface area contributed by atoms with E-state index in [2.05, 4.69) is 36.1 Å². The number of aromatic nitrogens is 2. The fourth-order valence-electron chi connectivity index (χ4n) is 4.30. The average molecular weight is 435 g/mol. The maximum Gasteiger partial charge on any atom is 0.264 e. The monoisotopic (exact) mass is 434 g/mol. The number of aryl methyl sites for hydroxylation is 1. The summed E-state index contributed by atoms with van der Waals surface area (Å²) in [5, 5.41) is 1.95. The normalized spacial score (nSPS) is 16.3. The van der Waals surface area contributed by atoms with E-state index in [9.17, 15) is 4.79 Å². The highest BCUT2D eigenvalue weighted by Gasteiger charge is 2.29. The van der Waals surface area contributed by atoms with Crippen LogP contribution in [0.1, 0.15) is 37.9 Å². The smallest absolute Gasteiger partial charge is 0.264 e. The maximum atomic E-state index is 13.0. The maximum absolute atomic E-state index is 13.0. The number of morpholine rings is 1. The van der Waals surface area contributed by atoms with Crippen molar-refractivity contribution in [2.75, 3.05) is 37.7 Å². The van der Waals surface area contributed by atoms with Crippen molar-refractivity contribution in [1.82, 2.24) is 14.9 Å². The highest BCUT2D eigenvalue weighted by Crippen LogP contribution is 2.29. The average Bonchev–Trinajstić information content (AvgIpc) is 3.33. The summed E-state index contributed by atoms with van der Waals surface area (Å²) in [5.41, 5.74) is 4.63. The molecule has 2 aliphatic rings. The van der Waals surface area contributed by atoms with Crippen LogP contribution in [-0.2, 0) is 24.1 Å². The molecule has 160 valence electrons. The summed E-state index contributed by atoms with van der Waals surface area (Å²) in [6, 6.07) is 12.3. The molecule has 0 spiro atoms. The number of rotatable bonds is 4. The Morgan fingerprint density at radius 3 is 2.77 bits per heavy atom. The van der Waals surface area contributed by atoms with E-state index in [4.69, 9.17) is 14.7 Å². The van der Waals surface area contributed by atoms with Gasteiger partial charge in [0.2, 0.25) is 0 Å². The van der Waals surface area contributed by atoms with E-state index in [1.165, 1.54) is 22.5 Å². The van der Waals surface area contributed by atoms with Gasteiger partial charge >= 0.3 is 0 Å². The Balaban J connectivity index is 1.48. The summed E-state index contributed by atoms with van der Waals surface area (Å²) in [4.78, 5) is 27.9. The number of carbonyl (C=O) groups excluding carboxylic acids is 1. The lowest BCUT2D eigenvalue weighted by atomic mass is 10.0. The van der Waals surface area contributed by atoms with Crippen LogP contribution in [0.3, 0.4) is 0 Å². The van der Waals surface area contributed by atoms with Crippen molar-refractivity contribution < 1.29 is 9.53 Å². The number of hydrogen-bond donors (Lipinski definition) is 0. The van der Waals surface area contributed by atoms with Gasteiger partial charge in [-0.05, 0) is 23.9 Å². The summed E-state index contributed by atoms with van der Waals surface area (Å²) < 4.78 is 5.56. The molecule has 0 bridgehead atoms. The minimum atomic E-state index is 0.0948. The number of ether oxygens (including phenoxy) is 1. The third-order valence-corrected chi connectivity index (χ3v) is 6.72. The van der Waals surface area contributed by atoms with E-state index >= 15 is 0 Å². The van der Waals surface area contributed by atoms with Crippen LogP contribution in [0.5, 0.6) is 0 Å². The first-order valence-electron chi connectivity index (χ1n) is 10.8. The number of hydrogen-bond acceptors (Lipinski definition) is 6. The quantitative estimate of drug-likeness (QED) is 0.629. The Labute approximate surface area is 186 Å². The molecule has 2 aromatic heterocycles. The van der Waals surface area contributed by atoms with Crippen LogP contribution in [0.25, 0.3) is 0 Å². The van der Waals surface area contributed by atoms with Gasteiger partial charge in [-0.1, -0.05) is 35.9 Å². The van der Waals surface area contributed by atoms with E-state index in [-0.39, 0.29) is 5.91 Å². The van der Waals surface area contributed by atoms with Crippen molar-refractivity contribution in [1.29, 1.82) is 0 Å². The van der Waals surface area contributed by atoms with Gasteiger partial charge in [-0.25, -0.2) is 9.97 Å². The van der Waals surface area contributed by atoms with Crippen LogP contribution in [0.15, 0.2) is 41.8 Å². The molecule has 1 fully saturated rings. The van der Waals surface area contributed by atoms with E-state index in [1.54, 1.807) is 0 Å². The number of thiophene rings is 1. The third kappa shape index (κ3) is 4.34. The summed E-state index contributed by atoms with van der Waals surface area (Å²) in [5.74, 6) is 1.92. The molecule has 0 radical (unpaired) electrons. The number of carbonyl (C=O) groups is 1. The molecule has 3 aromatic rings. The summed E-state index contributed by atoms with van der Waals surface area (Å²) in [7, 11) is 0. The Morgan fingerprint density at radius 1 is 1.13 bits per heavy atom. The zero-order valence-electron chi connectivity index (χ0n) is 17.7. The standard InChI is InChI=1S/C24H26N4O2S/c1-17-4-2-5-18(14-17)15-22-25-20-7-8-28(24(29)21-6-3-13-31-21)16-19(20)23(26-22)27-9-11-30-12-10-27/h2-6,13-14H,7-12,15-16H2,1H3. The van der Waals surface area contributed by atoms with Crippen LogP contribution >= 0.6 is 11.3 Å². The molecule has 1 saturated heterocycles. The van der Waals surface area contributed by atoms with Crippen LogP contribution in [0.4, 0.5) is 5.82 Å². The molecule has 0 saturated carbocycles. The number of benzene rings is 1. The van der Waals surface area contributed by atoms with Gasteiger partial charge < -0.3 is 14.5 Å². The minimum absolute atomic E-state index is 0.0948. The second-order valence-corrected chi connectivity index (χ2v) is 9.06. The molecule has 31 heavy (non-hydrogen) atoms. The summed E-state index contributed by atoms with van der Waals surface area (Å²) in [6.07, 6.45) is 1.47. The van der Waals surface area contributed by atoms with Crippen molar-refractivity contribution in [3.8, 4) is 0 Å². The number of nitrogens with zero attached hydrogens (tertiary/aromatic N) is 4. The second kappa shape index (κ2) is 8.77. The molecular formula is C24H26N4O2S. The Morgan fingerprint density at radius 2 is 2.00 bits per heavy atom. The van der Waals surface area contributed by atoms with Crippen molar-refractivity contribution >= 4 is 23.1 Å². The highest BCUT2D eigenvalue weighted by atomic mass is 32.1. The predicted molar refractivity (Wildman–Crippen MR) is 122 cm³/mol. The number of amides is 1. The zero-order valence-corrected chi connectivity index (χ0v) is 18.5. The van der Waals surface area contributed by atoms with Gasteiger partial charge in [0.05, 0.1) is 30.3 Å². The lowest BCUT2D eigenvalue weighted by molar-refractivity contribution is 0.0737. The van der Waals surface area contributed by atoms with Gasteiger partial charge in [-0.2, -0.15) is 0 Å². The molecule has 7 heteroatoms. The Hall–Kier alpha value is -2.77. The molecule has 0 N–H and O–H groups in total. The lowest BCUT2D eigenvalue weighted by Crippen LogP contribution is -2.41. The Kier molecular flexibility index (Phi) is 5.70. The van der Waals surface area contributed by atoms with Crippen molar-refractivity contribution in [2.24, 2.45) is 0 Å². The summed E-state index contributed by atoms with van der Waals surface area (Å²) in [6.45, 7) is 6.37. The van der Waals surface area contributed by atoms with Crippen LogP contribution in [0.2, 0.25) is 0 Å². The number of fused-ring (bicyclic) bond motifs is 1. The van der Waals surface area contributed by atoms with Crippen molar-refractivity contribution in [2.45, 2.75) is 26.3 Å². The van der Waals surface area contributed by atoms with Gasteiger partial charge in [0.15, 0.2) is 0 Å². The molecule has 1 amide bonds. The third-order valence-electron chi connectivity index (χ3n) is 5.86. The van der Waals surface area contributed by atoms with E-state index in [1.807, 2.05) is 22.4 Å². The molecule has 6 nitrogen and oxygen atoms in total. The van der Waals surface area contributed by atoms with E-state index < -0.39 is 0 Å². The SMILES string of the molecule is Cc1cccc(Cc2nc3c(c(N4CCOCC4)n2)CN(C(=O)c2cccs2)CC3)c1. The fourth-order valence-corrected chi connectivity index (χ4v) is 4.99. The summed E-state index contributed by atoms with van der Waals surface area (Å²) >= 11 is 1.49. The van der Waals surface area contributed by atoms with Crippen LogP contribution in [-0.4, -0.2) is 53.6 Å². The predicted octanol–water partition coefficient (Wildman–Crippen LogP) is 3.47. The van der Waals surface area contributed by atoms with Crippen molar-refractivity contribution in [3.05, 3.63) is 74.9 Å². The first kappa shape index (κ1) is 20.2. The molecule has 5 rings (SSSR count). The zero-order chi connectivity index (χ0) is 21.2. The molecule has 0 aliphatic carbocycles. The first-order valence-corrected chi connectivity index (χ1v) is 11.6. The van der Waals surface area contributed by atoms with Crippen LogP contribution in [0, 0.1) is 6.92 Å². The fraction of sp³-hybridized carbons (Fsp3) is 0.375. The van der Waals surface area contributed by atoms with Gasteiger partial charge in [-0.15, -0.1) is 11.3 Å². The second-order valence-electron chi connectivity index (χ2n) is 8.11. The van der Waals surface area contributed by atoms with Gasteiger partial charge in [0.1, 0.15) is 11.6 Å². The van der Waals surface area contributed by atoms with E-state index in [0.717, 1.165) is 47.3 Å². The van der Waals surface area contributed by atoms with Gasteiger partial charge in [0.25, 0.3) is 5.91 Å². The minimum Gasteiger partial charge on any atom is -0.378 e. The van der Waals surface area contributed by atoms with E-state index in [0.29, 0.717) is 32.7 Å². The Bertz CT molecular complexity index is 1080. The largest absolute Gasteiger partial charge is 0.378 e. The molecule has 1 aromatic carbocycles. The van der Waals surface area contributed by atoms with Gasteiger partial charge in [-0.3, -0.25) is 4.79 Å². The molecule has 4 heterocycles. The van der Waals surface area contributed by atoms with Gasteiger partial charge in [0, 0.05) is 38.0 Å². The molecular weight excluding hydrogens is 408 g/mol. The molecule has 0 unspecified atom stereocenters. The lowest BCUT2D eigenvalue weighted by Gasteiger charge is -2.34. The first-order chi connectivity index (χ1) is 15.2. The highest BCUT2D eigenvalue weighted by molar-refractivity contribution is 7.12. The van der Waals surface area contributed by atoms with Crippen LogP contribution < -0.4 is 4.90 Å². The number of anilines is 1. The molecule has 0 atom stereocenters.